The maximum absolute atomic E-state index is 14.9. The number of halogens is 1. The number of fused-ring (bicyclic) bond motifs is 3. The Hall–Kier alpha value is -3.27. The molecule has 3 aliphatic rings. The molecule has 2 atom stereocenters. The summed E-state index contributed by atoms with van der Waals surface area (Å²) in [6.07, 6.45) is 2.21. The van der Waals surface area contributed by atoms with Crippen LogP contribution in [0.1, 0.15) is 50.9 Å². The SMILES string of the molecule is CCN1CC(C)(C)Oc2nc(N3CC4CCC(C3)O4)nc(-c3ccc(NC(C)=O)c(F)c3)c2C1=O. The van der Waals surface area contributed by atoms with Crippen LogP contribution in [0.5, 0.6) is 5.88 Å². The number of nitrogens with one attached hydrogen (secondary N) is 1. The summed E-state index contributed by atoms with van der Waals surface area (Å²) in [6, 6.07) is 4.39. The van der Waals surface area contributed by atoms with Gasteiger partial charge in [-0.05, 0) is 45.7 Å². The number of hydrogen-bond acceptors (Lipinski definition) is 7. The molecule has 0 spiro atoms. The Morgan fingerprint density at radius 3 is 2.57 bits per heavy atom. The standard InChI is InChI=1S/C25H30FN5O4/c1-5-30-13-25(3,4)35-22-20(23(30)33)21(15-6-9-19(18(26)10-15)27-14(2)32)28-24(29-22)31-11-16-7-8-17(12-31)34-16/h6,9-10,16-17H,5,7-8,11-13H2,1-4H3,(H,27,32). The van der Waals surface area contributed by atoms with Gasteiger partial charge in [0.25, 0.3) is 5.91 Å². The molecule has 2 aromatic rings. The quantitative estimate of drug-likeness (QED) is 0.713. The minimum Gasteiger partial charge on any atom is -0.469 e. The highest BCUT2D eigenvalue weighted by molar-refractivity contribution is 6.03. The van der Waals surface area contributed by atoms with Crippen molar-refractivity contribution in [3.63, 3.8) is 0 Å². The second kappa shape index (κ2) is 8.75. The van der Waals surface area contributed by atoms with E-state index >= 15 is 0 Å². The van der Waals surface area contributed by atoms with Gasteiger partial charge in [-0.1, -0.05) is 6.07 Å². The van der Waals surface area contributed by atoms with Crippen molar-refractivity contribution in [3.8, 4) is 17.1 Å². The number of hydrogen-bond donors (Lipinski definition) is 1. The zero-order valence-corrected chi connectivity index (χ0v) is 20.4. The molecule has 5 rings (SSSR count). The zero-order chi connectivity index (χ0) is 24.9. The molecule has 2 amide bonds. The molecule has 1 N–H and O–H groups in total. The number of amides is 2. The van der Waals surface area contributed by atoms with Gasteiger partial charge in [-0.3, -0.25) is 9.59 Å². The number of nitrogens with zero attached hydrogens (tertiary/aromatic N) is 4. The molecule has 3 aliphatic heterocycles. The summed E-state index contributed by atoms with van der Waals surface area (Å²) in [4.78, 5) is 38.3. The Balaban J connectivity index is 1.66. The van der Waals surface area contributed by atoms with E-state index in [2.05, 4.69) is 10.2 Å². The summed E-state index contributed by atoms with van der Waals surface area (Å²) in [7, 11) is 0. The molecule has 35 heavy (non-hydrogen) atoms. The van der Waals surface area contributed by atoms with Crippen molar-refractivity contribution in [1.29, 1.82) is 0 Å². The van der Waals surface area contributed by atoms with Crippen molar-refractivity contribution in [2.75, 3.05) is 36.4 Å². The first-order valence-electron chi connectivity index (χ1n) is 12.0. The molecule has 1 aromatic heterocycles. The summed E-state index contributed by atoms with van der Waals surface area (Å²) >= 11 is 0. The Morgan fingerprint density at radius 2 is 1.94 bits per heavy atom. The predicted molar refractivity (Wildman–Crippen MR) is 128 cm³/mol. The lowest BCUT2D eigenvalue weighted by Crippen LogP contribution is -2.43. The molecule has 9 nitrogen and oxygen atoms in total. The molecular weight excluding hydrogens is 453 g/mol. The third-order valence-electron chi connectivity index (χ3n) is 6.57. The molecule has 0 radical (unpaired) electrons. The van der Waals surface area contributed by atoms with Crippen LogP contribution in [0.25, 0.3) is 11.3 Å². The topological polar surface area (TPSA) is 96.9 Å². The first-order valence-corrected chi connectivity index (χ1v) is 12.0. The molecule has 0 saturated carbocycles. The maximum atomic E-state index is 14.9. The van der Waals surface area contributed by atoms with Crippen LogP contribution in [0.3, 0.4) is 0 Å². The minimum atomic E-state index is -0.676. The molecule has 1 aromatic carbocycles. The van der Waals surface area contributed by atoms with Crippen LogP contribution in [0.2, 0.25) is 0 Å². The average Bonchev–Trinajstić information content (AvgIpc) is 3.09. The number of likely N-dealkylation sites (N-methyl/N-ethyl adjacent to an activating group) is 1. The summed E-state index contributed by atoms with van der Waals surface area (Å²) in [5.41, 5.74) is 0.303. The Bertz CT molecular complexity index is 1170. The van der Waals surface area contributed by atoms with E-state index in [1.165, 1.54) is 19.1 Å². The average molecular weight is 484 g/mol. The molecule has 186 valence electrons. The van der Waals surface area contributed by atoms with Gasteiger partial charge in [-0.15, -0.1) is 0 Å². The lowest BCUT2D eigenvalue weighted by molar-refractivity contribution is -0.114. The number of benzene rings is 1. The fraction of sp³-hybridized carbons (Fsp3) is 0.520. The molecule has 4 heterocycles. The lowest BCUT2D eigenvalue weighted by Gasteiger charge is -2.33. The number of aromatic nitrogens is 2. The van der Waals surface area contributed by atoms with Crippen molar-refractivity contribution < 1.29 is 23.5 Å². The highest BCUT2D eigenvalue weighted by Gasteiger charge is 2.39. The van der Waals surface area contributed by atoms with Gasteiger partial charge in [-0.25, -0.2) is 9.37 Å². The monoisotopic (exact) mass is 483 g/mol. The van der Waals surface area contributed by atoms with Gasteiger partial charge in [0.15, 0.2) is 0 Å². The number of carbonyl (C=O) groups excluding carboxylic acids is 2. The summed E-state index contributed by atoms with van der Waals surface area (Å²) in [5, 5.41) is 2.47. The van der Waals surface area contributed by atoms with Crippen LogP contribution in [-0.2, 0) is 9.53 Å². The molecule has 10 heteroatoms. The van der Waals surface area contributed by atoms with E-state index < -0.39 is 11.4 Å². The van der Waals surface area contributed by atoms with Gasteiger partial charge in [0.2, 0.25) is 17.7 Å². The van der Waals surface area contributed by atoms with Crippen LogP contribution in [0, 0.1) is 5.82 Å². The number of anilines is 2. The summed E-state index contributed by atoms with van der Waals surface area (Å²) in [6.45, 7) is 9.19. The highest BCUT2D eigenvalue weighted by Crippen LogP contribution is 2.38. The number of rotatable bonds is 4. The highest BCUT2D eigenvalue weighted by atomic mass is 19.1. The van der Waals surface area contributed by atoms with Crippen molar-refractivity contribution in [1.82, 2.24) is 14.9 Å². The normalized spacial score (nSPS) is 22.9. The van der Waals surface area contributed by atoms with E-state index in [-0.39, 0.29) is 41.2 Å². The fourth-order valence-corrected chi connectivity index (χ4v) is 5.02. The van der Waals surface area contributed by atoms with Crippen LogP contribution < -0.4 is 15.0 Å². The Morgan fingerprint density at radius 1 is 1.23 bits per heavy atom. The van der Waals surface area contributed by atoms with Crippen molar-refractivity contribution in [2.45, 2.75) is 58.3 Å². The third-order valence-corrected chi connectivity index (χ3v) is 6.57. The smallest absolute Gasteiger partial charge is 0.261 e. The molecule has 2 saturated heterocycles. The van der Waals surface area contributed by atoms with Gasteiger partial charge >= 0.3 is 0 Å². The van der Waals surface area contributed by atoms with Crippen LogP contribution in [-0.4, -0.2) is 70.7 Å². The van der Waals surface area contributed by atoms with E-state index in [1.54, 1.807) is 11.0 Å². The largest absolute Gasteiger partial charge is 0.469 e. The Labute approximate surface area is 203 Å². The van der Waals surface area contributed by atoms with Crippen LogP contribution in [0.15, 0.2) is 18.2 Å². The maximum Gasteiger partial charge on any atom is 0.261 e. The van der Waals surface area contributed by atoms with E-state index in [0.29, 0.717) is 43.4 Å². The first-order chi connectivity index (χ1) is 16.6. The molecule has 2 unspecified atom stereocenters. The minimum absolute atomic E-state index is 0.0604. The lowest BCUT2D eigenvalue weighted by atomic mass is 10.0. The van der Waals surface area contributed by atoms with E-state index in [0.717, 1.165) is 12.8 Å². The van der Waals surface area contributed by atoms with Gasteiger partial charge in [0.05, 0.1) is 30.1 Å². The predicted octanol–water partition coefficient (Wildman–Crippen LogP) is 3.24. The van der Waals surface area contributed by atoms with Gasteiger partial charge in [-0.2, -0.15) is 4.98 Å². The van der Waals surface area contributed by atoms with Crippen LogP contribution in [0.4, 0.5) is 16.0 Å². The number of morpholine rings is 1. The molecule has 0 aliphatic carbocycles. The van der Waals surface area contributed by atoms with Gasteiger partial charge in [0, 0.05) is 32.1 Å². The molecular formula is C25H30FN5O4. The Kier molecular flexibility index (Phi) is 5.86. The van der Waals surface area contributed by atoms with Gasteiger partial charge < -0.3 is 24.6 Å². The van der Waals surface area contributed by atoms with E-state index in [9.17, 15) is 14.0 Å². The van der Waals surface area contributed by atoms with Crippen molar-refractivity contribution >= 4 is 23.5 Å². The second-order valence-corrected chi connectivity index (χ2v) is 9.97. The zero-order valence-electron chi connectivity index (χ0n) is 20.4. The number of ether oxygens (including phenoxy) is 2. The van der Waals surface area contributed by atoms with Crippen LogP contribution >= 0.6 is 0 Å². The van der Waals surface area contributed by atoms with Crippen molar-refractivity contribution in [2.24, 2.45) is 0 Å². The van der Waals surface area contributed by atoms with E-state index in [1.807, 2.05) is 20.8 Å². The first kappa shape index (κ1) is 23.5. The number of carbonyl (C=O) groups is 2. The summed E-state index contributed by atoms with van der Waals surface area (Å²) < 4.78 is 27.2. The van der Waals surface area contributed by atoms with E-state index in [4.69, 9.17) is 19.4 Å². The molecule has 2 fully saturated rings. The second-order valence-electron chi connectivity index (χ2n) is 9.97. The van der Waals surface area contributed by atoms with Gasteiger partial charge in [0.1, 0.15) is 17.0 Å². The fourth-order valence-electron chi connectivity index (χ4n) is 5.02. The third kappa shape index (κ3) is 4.54. The van der Waals surface area contributed by atoms with Crippen molar-refractivity contribution in [3.05, 3.63) is 29.6 Å². The molecule has 2 bridgehead atoms. The summed E-state index contributed by atoms with van der Waals surface area (Å²) in [5.74, 6) is -0.630.